The summed E-state index contributed by atoms with van der Waals surface area (Å²) in [6.07, 6.45) is 1.44. The highest BCUT2D eigenvalue weighted by Gasteiger charge is 1.94. The van der Waals surface area contributed by atoms with Gasteiger partial charge < -0.3 is 5.73 Å². The molecule has 4 heteroatoms. The van der Waals surface area contributed by atoms with Gasteiger partial charge in [-0.3, -0.25) is 0 Å². The zero-order valence-corrected chi connectivity index (χ0v) is 4.91. The number of thiazole rings is 1. The molecule has 44 valence electrons. The fourth-order valence-electron chi connectivity index (χ4n) is 0.384. The van der Waals surface area contributed by atoms with E-state index in [-0.39, 0.29) is 0 Å². The third-order valence-electron chi connectivity index (χ3n) is 0.703. The summed E-state index contributed by atoms with van der Waals surface area (Å²) >= 11 is 1.18. The van der Waals surface area contributed by atoms with Crippen LogP contribution in [0.15, 0.2) is 6.20 Å². The normalized spacial score (nSPS) is 9.62. The fraction of sp³-hybridized carbons (Fsp3) is 0.250. The molecule has 0 aliphatic rings. The van der Waals surface area contributed by atoms with Crippen molar-refractivity contribution < 1.29 is 4.39 Å². The van der Waals surface area contributed by atoms with E-state index in [2.05, 4.69) is 4.98 Å². The average Bonchev–Trinajstić information content (AvgIpc) is 2.14. The lowest BCUT2D eigenvalue weighted by atomic mass is 10.6. The summed E-state index contributed by atoms with van der Waals surface area (Å²) < 4.78 is 11.7. The summed E-state index contributed by atoms with van der Waals surface area (Å²) in [6, 6.07) is 0. The molecular formula is C4H5FN2S. The van der Waals surface area contributed by atoms with Gasteiger partial charge in [-0.2, -0.15) is 0 Å². The van der Waals surface area contributed by atoms with E-state index >= 15 is 0 Å². The van der Waals surface area contributed by atoms with Crippen LogP contribution in [0.1, 0.15) is 4.88 Å². The maximum atomic E-state index is 11.7. The number of halogens is 1. The Morgan fingerprint density at radius 3 is 2.88 bits per heavy atom. The summed E-state index contributed by atoms with van der Waals surface area (Å²) in [5, 5.41) is 0.428. The molecule has 0 radical (unpaired) electrons. The minimum absolute atomic E-state index is 0.428. The number of aromatic nitrogens is 1. The molecule has 0 aromatic carbocycles. The quantitative estimate of drug-likeness (QED) is 0.623. The van der Waals surface area contributed by atoms with Gasteiger partial charge in [-0.05, 0) is 0 Å². The van der Waals surface area contributed by atoms with Crippen molar-refractivity contribution in [3.63, 3.8) is 0 Å². The lowest BCUT2D eigenvalue weighted by Gasteiger charge is -1.75. The lowest BCUT2D eigenvalue weighted by molar-refractivity contribution is 0.491. The number of hydrogen-bond donors (Lipinski definition) is 1. The van der Waals surface area contributed by atoms with Crippen molar-refractivity contribution in [2.75, 3.05) is 5.73 Å². The molecule has 0 aliphatic heterocycles. The maximum absolute atomic E-state index is 11.7. The van der Waals surface area contributed by atoms with E-state index in [0.29, 0.717) is 10.0 Å². The van der Waals surface area contributed by atoms with Crippen molar-refractivity contribution in [1.29, 1.82) is 0 Å². The second-order valence-electron chi connectivity index (χ2n) is 1.30. The average molecular weight is 132 g/mol. The standard InChI is InChI=1S/C4H5FN2S/c5-1-3-2-7-4(6)8-3/h2H,1H2,(H2,6,7). The zero-order chi connectivity index (χ0) is 5.98. The first-order valence-corrected chi connectivity index (χ1v) is 2.90. The molecule has 1 rings (SSSR count). The number of hydrogen-bond acceptors (Lipinski definition) is 3. The van der Waals surface area contributed by atoms with Gasteiger partial charge in [0, 0.05) is 6.20 Å². The Hall–Kier alpha value is -0.640. The topological polar surface area (TPSA) is 38.9 Å². The highest BCUT2D eigenvalue weighted by atomic mass is 32.1. The molecule has 0 saturated heterocycles. The molecule has 0 bridgehead atoms. The van der Waals surface area contributed by atoms with Gasteiger partial charge in [-0.1, -0.05) is 11.3 Å². The van der Waals surface area contributed by atoms with Crippen molar-refractivity contribution in [2.24, 2.45) is 0 Å². The summed E-state index contributed by atoms with van der Waals surface area (Å²) in [5.41, 5.74) is 5.19. The second kappa shape index (κ2) is 2.09. The Balaban J connectivity index is 2.84. The number of nitrogen functional groups attached to an aromatic ring is 1. The van der Waals surface area contributed by atoms with E-state index in [1.807, 2.05) is 0 Å². The molecule has 0 saturated carbocycles. The summed E-state index contributed by atoms with van der Waals surface area (Å²) in [5.74, 6) is 0. The molecule has 0 fully saturated rings. The number of anilines is 1. The molecule has 8 heavy (non-hydrogen) atoms. The van der Waals surface area contributed by atoms with Crippen LogP contribution in [-0.2, 0) is 6.67 Å². The van der Waals surface area contributed by atoms with Gasteiger partial charge in [0.15, 0.2) is 5.13 Å². The molecule has 0 atom stereocenters. The van der Waals surface area contributed by atoms with Crippen molar-refractivity contribution >= 4 is 16.5 Å². The third-order valence-corrected chi connectivity index (χ3v) is 1.49. The third kappa shape index (κ3) is 0.949. The number of nitrogens with two attached hydrogens (primary N) is 1. The minimum atomic E-state index is -0.463. The van der Waals surface area contributed by atoms with Crippen molar-refractivity contribution in [1.82, 2.24) is 4.98 Å². The Kier molecular flexibility index (Phi) is 1.43. The summed E-state index contributed by atoms with van der Waals surface area (Å²) in [6.45, 7) is -0.463. The van der Waals surface area contributed by atoms with E-state index in [0.717, 1.165) is 0 Å². The van der Waals surface area contributed by atoms with Crippen LogP contribution in [0.2, 0.25) is 0 Å². The molecule has 0 unspecified atom stereocenters. The SMILES string of the molecule is Nc1ncc(CF)s1. The van der Waals surface area contributed by atoms with Crippen LogP contribution in [0.5, 0.6) is 0 Å². The van der Waals surface area contributed by atoms with Gasteiger partial charge in [-0.25, -0.2) is 9.37 Å². The molecule has 2 N–H and O–H groups in total. The van der Waals surface area contributed by atoms with Gasteiger partial charge in [0.2, 0.25) is 0 Å². The zero-order valence-electron chi connectivity index (χ0n) is 4.10. The second-order valence-corrected chi connectivity index (χ2v) is 2.45. The van der Waals surface area contributed by atoms with Crippen molar-refractivity contribution in [3.05, 3.63) is 11.1 Å². The lowest BCUT2D eigenvalue weighted by Crippen LogP contribution is -1.77. The Morgan fingerprint density at radius 1 is 1.88 bits per heavy atom. The molecule has 1 heterocycles. The monoisotopic (exact) mass is 132 g/mol. The Labute approximate surface area is 50.2 Å². The van der Waals surface area contributed by atoms with Gasteiger partial charge in [-0.15, -0.1) is 0 Å². The molecular weight excluding hydrogens is 127 g/mol. The van der Waals surface area contributed by atoms with Crippen LogP contribution in [0.3, 0.4) is 0 Å². The van der Waals surface area contributed by atoms with Crippen LogP contribution >= 0.6 is 11.3 Å². The summed E-state index contributed by atoms with van der Waals surface area (Å²) in [4.78, 5) is 4.23. The van der Waals surface area contributed by atoms with Crippen LogP contribution in [0.25, 0.3) is 0 Å². The van der Waals surface area contributed by atoms with E-state index in [4.69, 9.17) is 5.73 Å². The highest BCUT2D eigenvalue weighted by Crippen LogP contribution is 2.14. The molecule has 0 spiro atoms. The maximum Gasteiger partial charge on any atom is 0.180 e. The van der Waals surface area contributed by atoms with E-state index in [9.17, 15) is 4.39 Å². The van der Waals surface area contributed by atoms with Crippen molar-refractivity contribution in [3.8, 4) is 0 Å². The largest absolute Gasteiger partial charge is 0.375 e. The van der Waals surface area contributed by atoms with Crippen LogP contribution in [0.4, 0.5) is 9.52 Å². The highest BCUT2D eigenvalue weighted by molar-refractivity contribution is 7.15. The first-order chi connectivity index (χ1) is 3.83. The van der Waals surface area contributed by atoms with E-state index in [1.165, 1.54) is 17.5 Å². The Bertz CT molecular complexity index is 174. The first kappa shape index (κ1) is 5.50. The molecule has 1 aromatic rings. The smallest absolute Gasteiger partial charge is 0.180 e. The minimum Gasteiger partial charge on any atom is -0.375 e. The van der Waals surface area contributed by atoms with E-state index in [1.54, 1.807) is 0 Å². The van der Waals surface area contributed by atoms with Crippen LogP contribution in [0, 0.1) is 0 Å². The molecule has 2 nitrogen and oxygen atoms in total. The van der Waals surface area contributed by atoms with Gasteiger partial charge >= 0.3 is 0 Å². The van der Waals surface area contributed by atoms with Crippen LogP contribution < -0.4 is 5.73 Å². The number of alkyl halides is 1. The predicted molar refractivity (Wildman–Crippen MR) is 31.3 cm³/mol. The molecule has 0 aliphatic carbocycles. The van der Waals surface area contributed by atoms with Gasteiger partial charge in [0.1, 0.15) is 6.67 Å². The van der Waals surface area contributed by atoms with Gasteiger partial charge in [0.25, 0.3) is 0 Å². The first-order valence-electron chi connectivity index (χ1n) is 2.09. The summed E-state index contributed by atoms with van der Waals surface area (Å²) in [7, 11) is 0. The van der Waals surface area contributed by atoms with E-state index < -0.39 is 6.67 Å². The molecule has 1 aromatic heterocycles. The van der Waals surface area contributed by atoms with Crippen LogP contribution in [-0.4, -0.2) is 4.98 Å². The molecule has 0 amide bonds. The number of rotatable bonds is 1. The fourth-order valence-corrected chi connectivity index (χ4v) is 0.918. The predicted octanol–water partition coefficient (Wildman–Crippen LogP) is 1.19. The number of nitrogens with zero attached hydrogens (tertiary/aromatic N) is 1. The Morgan fingerprint density at radius 2 is 2.62 bits per heavy atom. The van der Waals surface area contributed by atoms with Gasteiger partial charge in [0.05, 0.1) is 4.88 Å². The van der Waals surface area contributed by atoms with Crippen molar-refractivity contribution in [2.45, 2.75) is 6.67 Å².